The van der Waals surface area contributed by atoms with Crippen molar-refractivity contribution >= 4 is 22.8 Å². The third-order valence-corrected chi connectivity index (χ3v) is 4.57. The smallest absolute Gasteiger partial charge is 0.332 e. The van der Waals surface area contributed by atoms with E-state index in [9.17, 15) is 14.7 Å². The largest absolute Gasteiger partial charge is 0.479 e. The fourth-order valence-corrected chi connectivity index (χ4v) is 3.51. The average Bonchev–Trinajstić information content (AvgIpc) is 2.78. The van der Waals surface area contributed by atoms with Crippen LogP contribution in [0.1, 0.15) is 38.1 Å². The Kier molecular flexibility index (Phi) is 3.47. The molecule has 5 heteroatoms. The summed E-state index contributed by atoms with van der Waals surface area (Å²) >= 11 is 0. The maximum atomic E-state index is 12.7. The molecule has 1 aromatic carbocycles. The van der Waals surface area contributed by atoms with Crippen LogP contribution in [-0.2, 0) is 23.1 Å². The molecule has 0 saturated heterocycles. The van der Waals surface area contributed by atoms with E-state index in [-0.39, 0.29) is 5.91 Å². The average molecular weight is 314 g/mol. The lowest BCUT2D eigenvalue weighted by atomic mass is 9.90. The van der Waals surface area contributed by atoms with Gasteiger partial charge in [-0.05, 0) is 18.1 Å². The summed E-state index contributed by atoms with van der Waals surface area (Å²) in [4.78, 5) is 26.2. The topological polar surface area (TPSA) is 62.5 Å². The summed E-state index contributed by atoms with van der Waals surface area (Å²) in [6.45, 7) is 5.91. The van der Waals surface area contributed by atoms with Crippen LogP contribution in [0.5, 0.6) is 0 Å². The van der Waals surface area contributed by atoms with Gasteiger partial charge in [-0.1, -0.05) is 39.0 Å². The maximum Gasteiger partial charge on any atom is 0.332 e. The lowest BCUT2D eigenvalue weighted by molar-refractivity contribution is -0.155. The van der Waals surface area contributed by atoms with Crippen molar-refractivity contribution in [1.29, 1.82) is 0 Å². The number of carbonyl (C=O) groups excluding carboxylic acids is 1. The number of rotatable bonds is 1. The number of hydrogen-bond acceptors (Lipinski definition) is 2. The van der Waals surface area contributed by atoms with E-state index in [1.165, 1.54) is 4.90 Å². The molecule has 3 rings (SSSR count). The molecule has 1 aliphatic heterocycles. The van der Waals surface area contributed by atoms with Crippen molar-refractivity contribution in [3.05, 3.63) is 35.5 Å². The summed E-state index contributed by atoms with van der Waals surface area (Å²) in [5, 5.41) is 10.9. The Morgan fingerprint density at radius 3 is 2.48 bits per heavy atom. The molecule has 122 valence electrons. The Morgan fingerprint density at radius 1 is 1.22 bits per heavy atom. The van der Waals surface area contributed by atoms with Crippen LogP contribution in [0.25, 0.3) is 10.9 Å². The normalized spacial score (nSPS) is 18.1. The van der Waals surface area contributed by atoms with Crippen LogP contribution < -0.4 is 0 Å². The van der Waals surface area contributed by atoms with Crippen molar-refractivity contribution in [2.45, 2.75) is 33.2 Å². The number of nitrogens with zero attached hydrogens (tertiary/aromatic N) is 2. The molecule has 2 heterocycles. The van der Waals surface area contributed by atoms with Gasteiger partial charge in [-0.25, -0.2) is 4.79 Å². The van der Waals surface area contributed by atoms with Crippen LogP contribution in [0.3, 0.4) is 0 Å². The van der Waals surface area contributed by atoms with Gasteiger partial charge in [0.05, 0.1) is 5.69 Å². The number of benzene rings is 1. The fraction of sp³-hybridized carbons (Fsp3) is 0.444. The van der Waals surface area contributed by atoms with Gasteiger partial charge in [0.2, 0.25) is 5.91 Å². The van der Waals surface area contributed by atoms with E-state index in [1.54, 1.807) is 0 Å². The first-order chi connectivity index (χ1) is 10.7. The quantitative estimate of drug-likeness (QED) is 0.880. The Morgan fingerprint density at radius 2 is 1.87 bits per heavy atom. The molecule has 0 radical (unpaired) electrons. The molecule has 0 spiro atoms. The van der Waals surface area contributed by atoms with E-state index in [2.05, 4.69) is 0 Å². The predicted molar refractivity (Wildman–Crippen MR) is 88.2 cm³/mol. The molecule has 2 aromatic rings. The second kappa shape index (κ2) is 5.11. The van der Waals surface area contributed by atoms with Crippen LogP contribution in [0.4, 0.5) is 0 Å². The molecular formula is C18H22N2O3. The van der Waals surface area contributed by atoms with Gasteiger partial charge in [0, 0.05) is 29.9 Å². The highest BCUT2D eigenvalue weighted by molar-refractivity contribution is 5.92. The van der Waals surface area contributed by atoms with Crippen molar-refractivity contribution in [2.24, 2.45) is 12.5 Å². The first-order valence-corrected chi connectivity index (χ1v) is 7.83. The molecule has 1 aromatic heterocycles. The monoisotopic (exact) mass is 314 g/mol. The number of carbonyl (C=O) groups is 2. The van der Waals surface area contributed by atoms with E-state index in [4.69, 9.17) is 0 Å². The Hall–Kier alpha value is -2.30. The summed E-state index contributed by atoms with van der Waals surface area (Å²) in [6.07, 6.45) is 0.683. The van der Waals surface area contributed by atoms with Crippen molar-refractivity contribution in [1.82, 2.24) is 9.47 Å². The van der Waals surface area contributed by atoms with Crippen molar-refractivity contribution in [3.63, 3.8) is 0 Å². The standard InChI is InChI=1S/C18H22N2O3/c1-18(2,3)17(23)20-10-9-12-11-7-5-6-8-13(11)19(4)14(12)15(20)16(21)22/h5-8,15H,9-10H2,1-4H3,(H,21,22). The lowest BCUT2D eigenvalue weighted by Crippen LogP contribution is -2.48. The molecular weight excluding hydrogens is 292 g/mol. The van der Waals surface area contributed by atoms with Gasteiger partial charge < -0.3 is 14.6 Å². The molecule has 0 aliphatic carbocycles. The number of carboxylic acids is 1. The molecule has 0 saturated carbocycles. The number of aryl methyl sites for hydroxylation is 1. The van der Waals surface area contributed by atoms with E-state index < -0.39 is 17.4 Å². The highest BCUT2D eigenvalue weighted by atomic mass is 16.4. The fourth-order valence-electron chi connectivity index (χ4n) is 3.51. The minimum absolute atomic E-state index is 0.124. The number of fused-ring (bicyclic) bond motifs is 3. The molecule has 23 heavy (non-hydrogen) atoms. The van der Waals surface area contributed by atoms with Crippen LogP contribution in [0, 0.1) is 5.41 Å². The molecule has 1 unspecified atom stereocenters. The van der Waals surface area contributed by atoms with Crippen LogP contribution in [0.15, 0.2) is 24.3 Å². The molecule has 1 aliphatic rings. The molecule has 1 atom stereocenters. The number of para-hydroxylation sites is 1. The number of hydrogen-bond donors (Lipinski definition) is 1. The highest BCUT2D eigenvalue weighted by Crippen LogP contribution is 2.38. The summed E-state index contributed by atoms with van der Waals surface area (Å²) < 4.78 is 1.92. The van der Waals surface area contributed by atoms with E-state index in [1.807, 2.05) is 56.7 Å². The van der Waals surface area contributed by atoms with Crippen LogP contribution >= 0.6 is 0 Å². The minimum Gasteiger partial charge on any atom is -0.479 e. The maximum absolute atomic E-state index is 12.7. The SMILES string of the molecule is Cn1c2c(c3ccccc31)CCN(C(=O)C(C)(C)C)C2C(=O)O. The minimum atomic E-state index is -0.977. The first-order valence-electron chi connectivity index (χ1n) is 7.83. The van der Waals surface area contributed by atoms with Gasteiger partial charge in [0.25, 0.3) is 0 Å². The number of aliphatic carboxylic acids is 1. The number of amides is 1. The highest BCUT2D eigenvalue weighted by Gasteiger charge is 2.42. The lowest BCUT2D eigenvalue weighted by Gasteiger charge is -2.37. The van der Waals surface area contributed by atoms with Crippen molar-refractivity contribution < 1.29 is 14.7 Å². The molecule has 5 nitrogen and oxygen atoms in total. The zero-order chi connectivity index (χ0) is 16.9. The van der Waals surface area contributed by atoms with E-state index in [0.29, 0.717) is 13.0 Å². The summed E-state index contributed by atoms with van der Waals surface area (Å²) in [6, 6.07) is 6.99. The zero-order valence-corrected chi connectivity index (χ0v) is 14.0. The van der Waals surface area contributed by atoms with Crippen LogP contribution in [-0.4, -0.2) is 33.0 Å². The Labute approximate surface area is 135 Å². The van der Waals surface area contributed by atoms with E-state index >= 15 is 0 Å². The summed E-state index contributed by atoms with van der Waals surface area (Å²) in [5.41, 5.74) is 2.18. The first kappa shape index (κ1) is 15.6. The third-order valence-electron chi connectivity index (χ3n) is 4.57. The van der Waals surface area contributed by atoms with Gasteiger partial charge in [-0.3, -0.25) is 4.79 Å². The van der Waals surface area contributed by atoms with Crippen molar-refractivity contribution in [2.75, 3.05) is 6.54 Å². The number of carboxylic acid groups (broad SMARTS) is 1. The Balaban J connectivity index is 2.20. The summed E-state index contributed by atoms with van der Waals surface area (Å²) in [7, 11) is 1.88. The predicted octanol–water partition coefficient (Wildman–Crippen LogP) is 2.73. The van der Waals surface area contributed by atoms with Gasteiger partial charge in [-0.2, -0.15) is 0 Å². The Bertz CT molecular complexity index is 798. The molecule has 1 N–H and O–H groups in total. The number of aromatic nitrogens is 1. The van der Waals surface area contributed by atoms with Gasteiger partial charge >= 0.3 is 5.97 Å². The second-order valence-corrected chi connectivity index (χ2v) is 7.18. The van der Waals surface area contributed by atoms with Gasteiger partial charge in [0.15, 0.2) is 6.04 Å². The molecule has 0 fully saturated rings. The third kappa shape index (κ3) is 2.31. The zero-order valence-electron chi connectivity index (χ0n) is 14.0. The summed E-state index contributed by atoms with van der Waals surface area (Å²) in [5.74, 6) is -1.10. The van der Waals surface area contributed by atoms with Gasteiger partial charge in [0.1, 0.15) is 0 Å². The van der Waals surface area contributed by atoms with E-state index in [0.717, 1.165) is 22.2 Å². The van der Waals surface area contributed by atoms with Gasteiger partial charge in [-0.15, -0.1) is 0 Å². The molecule has 1 amide bonds. The second-order valence-electron chi connectivity index (χ2n) is 7.18. The molecule has 0 bridgehead atoms. The van der Waals surface area contributed by atoms with Crippen molar-refractivity contribution in [3.8, 4) is 0 Å². The van der Waals surface area contributed by atoms with Crippen LogP contribution in [0.2, 0.25) is 0 Å².